The third kappa shape index (κ3) is 11.7. The number of amides is 3. The number of methoxy groups -OCH3 is 1. The van der Waals surface area contributed by atoms with Crippen LogP contribution in [0.15, 0.2) is 30.5 Å². The molecule has 0 saturated carbocycles. The van der Waals surface area contributed by atoms with E-state index in [0.717, 1.165) is 32.1 Å². The number of ether oxygens (including phenoxy) is 1. The molecule has 0 radical (unpaired) electrons. The van der Waals surface area contributed by atoms with Gasteiger partial charge in [0, 0.05) is 43.8 Å². The van der Waals surface area contributed by atoms with Gasteiger partial charge in [0.25, 0.3) is 0 Å². The Balaban J connectivity index is 0.00000600. The molecule has 0 spiro atoms. The van der Waals surface area contributed by atoms with E-state index in [1.54, 1.807) is 18.3 Å². The van der Waals surface area contributed by atoms with Crippen molar-refractivity contribution in [1.82, 2.24) is 20.1 Å². The Morgan fingerprint density at radius 1 is 1.10 bits per heavy atom. The summed E-state index contributed by atoms with van der Waals surface area (Å²) in [5, 5.41) is 6.40. The van der Waals surface area contributed by atoms with E-state index in [2.05, 4.69) is 10.6 Å². The SMILES string of the molecule is [2H]C[C@@H]1CCC[C@H](CC)N1C(=O)C[C@@H](CC(C)(C)C)C(=O)N[C@H](Cc1cn(C(=O)OC)c2ccccc12)C(=O)N[C@@H]([C-]=O)CCCC.[Na+].[OH-]. The minimum Gasteiger partial charge on any atom is -0.870 e. The molecule has 1 aromatic heterocycles. The van der Waals surface area contributed by atoms with Gasteiger partial charge in [-0.2, -0.15) is 0 Å². The fraction of sp³-hybridized carbons (Fsp3) is 0.639. The van der Waals surface area contributed by atoms with Gasteiger partial charge in [-0.15, -0.1) is 0 Å². The number of fused-ring (bicyclic) bond motifs is 1. The zero-order chi connectivity index (χ0) is 34.7. The van der Waals surface area contributed by atoms with E-state index in [0.29, 0.717) is 35.7 Å². The quantitative estimate of drug-likeness (QED) is 0.230. The van der Waals surface area contributed by atoms with Crippen molar-refractivity contribution < 1.29 is 65.1 Å². The third-order valence-corrected chi connectivity index (χ3v) is 8.80. The van der Waals surface area contributed by atoms with E-state index in [1.165, 1.54) is 11.7 Å². The first-order chi connectivity index (χ1) is 22.4. The van der Waals surface area contributed by atoms with Gasteiger partial charge in [-0.25, -0.2) is 11.1 Å². The predicted molar refractivity (Wildman–Crippen MR) is 181 cm³/mol. The van der Waals surface area contributed by atoms with Crippen molar-refractivity contribution in [1.29, 1.82) is 0 Å². The molecule has 1 aromatic carbocycles. The van der Waals surface area contributed by atoms with Crippen LogP contribution >= 0.6 is 0 Å². The van der Waals surface area contributed by atoms with Crippen LogP contribution < -0.4 is 40.2 Å². The van der Waals surface area contributed by atoms with Gasteiger partial charge in [-0.1, -0.05) is 78.1 Å². The van der Waals surface area contributed by atoms with Crippen molar-refractivity contribution >= 4 is 41.0 Å². The summed E-state index contributed by atoms with van der Waals surface area (Å²) in [7, 11) is 1.29. The van der Waals surface area contributed by atoms with Gasteiger partial charge in [0.1, 0.15) is 6.04 Å². The summed E-state index contributed by atoms with van der Waals surface area (Å²) in [6.45, 7) is 10.2. The van der Waals surface area contributed by atoms with Gasteiger partial charge >= 0.3 is 35.7 Å². The maximum absolute atomic E-state index is 14.1. The van der Waals surface area contributed by atoms with E-state index in [4.69, 9.17) is 6.11 Å². The molecule has 0 bridgehead atoms. The summed E-state index contributed by atoms with van der Waals surface area (Å²) in [5.74, 6) is -1.85. The number of hydrogen-bond acceptors (Lipinski definition) is 7. The topological polar surface area (TPSA) is 157 Å². The Morgan fingerprint density at radius 3 is 2.42 bits per heavy atom. The molecule has 11 nitrogen and oxygen atoms in total. The number of nitrogens with one attached hydrogen (secondary N) is 2. The zero-order valence-electron chi connectivity index (χ0n) is 30.8. The fourth-order valence-corrected chi connectivity index (χ4v) is 6.51. The summed E-state index contributed by atoms with van der Waals surface area (Å²) in [5.41, 5.74) is 0.925. The molecule has 262 valence electrons. The van der Waals surface area contributed by atoms with Gasteiger partial charge in [-0.3, -0.25) is 19.0 Å². The third-order valence-electron chi connectivity index (χ3n) is 8.80. The molecule has 1 aliphatic rings. The van der Waals surface area contributed by atoms with Crippen LogP contribution in [0.4, 0.5) is 4.79 Å². The Labute approximate surface area is 309 Å². The summed E-state index contributed by atoms with van der Waals surface area (Å²) < 4.78 is 14.4. The van der Waals surface area contributed by atoms with Crippen LogP contribution in [0.3, 0.4) is 0 Å². The second kappa shape index (κ2) is 20.1. The smallest absolute Gasteiger partial charge is 0.870 e. The number of carbonyl (C=O) groups excluding carboxylic acids is 5. The van der Waals surface area contributed by atoms with E-state index in [-0.39, 0.29) is 78.2 Å². The summed E-state index contributed by atoms with van der Waals surface area (Å²) in [4.78, 5) is 67.9. The molecule has 5 atom stereocenters. The molecule has 12 heteroatoms. The average Bonchev–Trinajstić information content (AvgIpc) is 3.42. The van der Waals surface area contributed by atoms with Crippen LogP contribution in [-0.4, -0.2) is 76.3 Å². The number of piperidine rings is 1. The van der Waals surface area contributed by atoms with Crippen LogP contribution in [0, 0.1) is 11.3 Å². The summed E-state index contributed by atoms with van der Waals surface area (Å²) in [6, 6.07) is 5.14. The molecule has 0 unspecified atom stereocenters. The first-order valence-corrected chi connectivity index (χ1v) is 16.6. The van der Waals surface area contributed by atoms with Crippen LogP contribution in [0.2, 0.25) is 0 Å². The molecule has 3 rings (SSSR count). The van der Waals surface area contributed by atoms with Crippen molar-refractivity contribution in [2.24, 2.45) is 11.3 Å². The maximum atomic E-state index is 14.1. The number of likely N-dealkylation sites (tertiary alicyclic amines) is 1. The van der Waals surface area contributed by atoms with Crippen molar-refractivity contribution in [2.45, 2.75) is 130 Å². The molecular formula is C36H54N4NaO7-. The molecule has 3 amide bonds. The Morgan fingerprint density at radius 2 is 1.81 bits per heavy atom. The summed E-state index contributed by atoms with van der Waals surface area (Å²) >= 11 is 0. The summed E-state index contributed by atoms with van der Waals surface area (Å²) in [6.07, 6.45) is 8.69. The number of hydrogen-bond donors (Lipinski definition) is 2. The van der Waals surface area contributed by atoms with E-state index < -0.39 is 35.9 Å². The van der Waals surface area contributed by atoms with Gasteiger partial charge in [0.15, 0.2) is 0 Å². The van der Waals surface area contributed by atoms with Crippen molar-refractivity contribution in [2.75, 3.05) is 7.11 Å². The number of para-hydroxylation sites is 1. The predicted octanol–water partition coefficient (Wildman–Crippen LogP) is 2.52. The Hall–Kier alpha value is -2.73. The van der Waals surface area contributed by atoms with Crippen molar-refractivity contribution in [3.05, 3.63) is 36.0 Å². The van der Waals surface area contributed by atoms with E-state index in [9.17, 15) is 24.0 Å². The minimum absolute atomic E-state index is 0. The molecular weight excluding hydrogens is 623 g/mol. The molecule has 1 aliphatic heterocycles. The van der Waals surface area contributed by atoms with Crippen molar-refractivity contribution in [3.8, 4) is 0 Å². The van der Waals surface area contributed by atoms with Crippen LogP contribution in [0.25, 0.3) is 10.9 Å². The second-order valence-corrected chi connectivity index (χ2v) is 13.7. The van der Waals surface area contributed by atoms with E-state index in [1.807, 2.05) is 57.9 Å². The normalized spacial score (nSPS) is 18.3. The van der Waals surface area contributed by atoms with Crippen LogP contribution in [0.1, 0.15) is 106 Å². The number of rotatable bonds is 14. The largest absolute Gasteiger partial charge is 1.00 e. The molecule has 1 fully saturated rings. The van der Waals surface area contributed by atoms with E-state index >= 15 is 0 Å². The van der Waals surface area contributed by atoms with Crippen LogP contribution in [-0.2, 0) is 30.3 Å². The number of carbonyl (C=O) groups is 4. The van der Waals surface area contributed by atoms with Gasteiger partial charge in [0.05, 0.1) is 12.6 Å². The van der Waals surface area contributed by atoms with Gasteiger partial charge in [0.2, 0.25) is 17.7 Å². The number of aromatic nitrogens is 1. The maximum Gasteiger partial charge on any atom is 1.00 e. The standard InChI is InChI=1S/C36H53N4O6.Na.H2O/c1-8-10-15-27(23-41)37-34(44)30(19-26-22-39(35(45)46-7)31-18-12-11-17-29(26)31)38-33(43)25(21-36(4,5)6)20-32(42)40-24(3)14-13-16-28(40)9-2;;/h11-12,17-18,22,24-25,27-28,30H,8-10,13-16,19-21H2,1-7H3,(H,37,44)(H,38,43);;1H2/q-1;+1;/p-1/t24-,25+,27-,28+,30-;;/m1../s1/i3D;;. The Kier molecular flexibility index (Phi) is 17.3. The van der Waals surface area contributed by atoms with Gasteiger partial charge < -0.3 is 30.5 Å². The number of unbranched alkanes of at least 4 members (excludes halogenated alkanes) is 1. The molecule has 3 N–H and O–H groups in total. The zero-order valence-corrected chi connectivity index (χ0v) is 31.8. The molecule has 2 aromatic rings. The second-order valence-electron chi connectivity index (χ2n) is 13.7. The Bertz CT molecular complexity index is 1380. The van der Waals surface area contributed by atoms with Gasteiger partial charge in [-0.05, 0) is 56.0 Å². The average molecular weight is 679 g/mol. The molecule has 48 heavy (non-hydrogen) atoms. The number of nitrogens with zero attached hydrogens (tertiary/aromatic N) is 2. The minimum atomic E-state index is -1.10. The molecule has 1 saturated heterocycles. The fourth-order valence-electron chi connectivity index (χ4n) is 6.51. The van der Waals surface area contributed by atoms with Crippen molar-refractivity contribution in [3.63, 3.8) is 0 Å². The monoisotopic (exact) mass is 678 g/mol. The number of benzene rings is 1. The first kappa shape index (κ1) is 41.4. The first-order valence-electron chi connectivity index (χ1n) is 17.3. The van der Waals surface area contributed by atoms with Crippen LogP contribution in [0.5, 0.6) is 0 Å². The molecule has 2 heterocycles. The molecule has 0 aliphatic carbocycles.